The molecule has 1 N–H and O–H groups in total. The van der Waals surface area contributed by atoms with Crippen molar-refractivity contribution in [1.82, 2.24) is 5.32 Å². The molecule has 0 aromatic carbocycles. The molecule has 12 heavy (non-hydrogen) atoms. The van der Waals surface area contributed by atoms with Crippen molar-refractivity contribution in [2.75, 3.05) is 13.7 Å². The van der Waals surface area contributed by atoms with Gasteiger partial charge in [0, 0.05) is 0 Å². The van der Waals surface area contributed by atoms with Gasteiger partial charge in [-0.1, -0.05) is 13.3 Å². The zero-order valence-electron chi connectivity index (χ0n) is 8.02. The summed E-state index contributed by atoms with van der Waals surface area (Å²) in [5.41, 5.74) is -0.441. The van der Waals surface area contributed by atoms with Gasteiger partial charge in [0.25, 0.3) is 0 Å². The van der Waals surface area contributed by atoms with Crippen LogP contribution in [0.1, 0.15) is 26.7 Å². The monoisotopic (exact) mass is 171 g/mol. The number of methoxy groups -OCH3 is 1. The van der Waals surface area contributed by atoms with Crippen molar-refractivity contribution in [3.63, 3.8) is 0 Å². The van der Waals surface area contributed by atoms with Crippen LogP contribution in [0.4, 0.5) is 0 Å². The van der Waals surface area contributed by atoms with E-state index in [0.29, 0.717) is 5.92 Å². The van der Waals surface area contributed by atoms with Crippen molar-refractivity contribution in [1.29, 1.82) is 0 Å². The number of carbonyl (C=O) groups excluding carboxylic acids is 1. The Morgan fingerprint density at radius 3 is 2.92 bits per heavy atom. The van der Waals surface area contributed by atoms with Gasteiger partial charge in [-0.2, -0.15) is 0 Å². The molecule has 0 spiro atoms. The molecule has 0 bridgehead atoms. The summed E-state index contributed by atoms with van der Waals surface area (Å²) in [7, 11) is 1.44. The standard InChI is InChI=1S/C9H17NO2/c1-4-7-5-6-10-9(7,2)8(11)12-3/h7,10H,4-6H2,1-3H3/t7-,9-/m0/s1. The molecule has 0 aliphatic carbocycles. The molecule has 1 fully saturated rings. The molecule has 1 heterocycles. The van der Waals surface area contributed by atoms with E-state index in [1.807, 2.05) is 6.92 Å². The van der Waals surface area contributed by atoms with E-state index >= 15 is 0 Å². The third-order valence-corrected chi connectivity index (χ3v) is 2.90. The van der Waals surface area contributed by atoms with Gasteiger partial charge in [-0.15, -0.1) is 0 Å². The number of carbonyl (C=O) groups is 1. The van der Waals surface area contributed by atoms with Crippen molar-refractivity contribution in [3.8, 4) is 0 Å². The van der Waals surface area contributed by atoms with Crippen molar-refractivity contribution in [2.24, 2.45) is 5.92 Å². The van der Waals surface area contributed by atoms with Crippen LogP contribution in [0.15, 0.2) is 0 Å². The van der Waals surface area contributed by atoms with Gasteiger partial charge in [0.2, 0.25) is 0 Å². The summed E-state index contributed by atoms with van der Waals surface area (Å²) in [6, 6.07) is 0. The van der Waals surface area contributed by atoms with E-state index in [-0.39, 0.29) is 5.97 Å². The van der Waals surface area contributed by atoms with E-state index in [2.05, 4.69) is 12.2 Å². The normalized spacial score (nSPS) is 35.1. The van der Waals surface area contributed by atoms with Gasteiger partial charge in [-0.05, 0) is 25.8 Å². The molecule has 1 aliphatic rings. The van der Waals surface area contributed by atoms with E-state index in [4.69, 9.17) is 4.74 Å². The Balaban J connectivity index is 2.74. The molecule has 0 aromatic rings. The van der Waals surface area contributed by atoms with E-state index in [1.165, 1.54) is 7.11 Å². The smallest absolute Gasteiger partial charge is 0.326 e. The highest BCUT2D eigenvalue weighted by Crippen LogP contribution is 2.29. The lowest BCUT2D eigenvalue weighted by atomic mass is 9.85. The molecule has 0 unspecified atom stereocenters. The molecule has 0 amide bonds. The minimum absolute atomic E-state index is 0.133. The number of hydrogen-bond donors (Lipinski definition) is 1. The predicted molar refractivity (Wildman–Crippen MR) is 46.8 cm³/mol. The molecule has 2 atom stereocenters. The molecule has 0 saturated carbocycles. The molecular weight excluding hydrogens is 154 g/mol. The second-order valence-corrected chi connectivity index (χ2v) is 3.51. The molecule has 0 radical (unpaired) electrons. The highest BCUT2D eigenvalue weighted by Gasteiger charge is 2.44. The number of esters is 1. The van der Waals surface area contributed by atoms with E-state index in [9.17, 15) is 4.79 Å². The van der Waals surface area contributed by atoms with Crippen LogP contribution >= 0.6 is 0 Å². The SMILES string of the molecule is CC[C@H]1CCN[C@]1(C)C(=O)OC. The van der Waals surface area contributed by atoms with Crippen molar-refractivity contribution in [3.05, 3.63) is 0 Å². The maximum absolute atomic E-state index is 11.4. The van der Waals surface area contributed by atoms with Crippen LogP contribution in [0.3, 0.4) is 0 Å². The van der Waals surface area contributed by atoms with Crippen LogP contribution in [-0.2, 0) is 9.53 Å². The van der Waals surface area contributed by atoms with Crippen LogP contribution in [-0.4, -0.2) is 25.2 Å². The predicted octanol–water partition coefficient (Wildman–Crippen LogP) is 0.938. The first-order valence-corrected chi connectivity index (χ1v) is 4.48. The Hall–Kier alpha value is -0.570. The second-order valence-electron chi connectivity index (χ2n) is 3.51. The minimum atomic E-state index is -0.441. The second kappa shape index (κ2) is 3.44. The Morgan fingerprint density at radius 1 is 1.75 bits per heavy atom. The average Bonchev–Trinajstić information content (AvgIpc) is 2.46. The highest BCUT2D eigenvalue weighted by atomic mass is 16.5. The molecule has 70 valence electrons. The fraction of sp³-hybridized carbons (Fsp3) is 0.889. The van der Waals surface area contributed by atoms with E-state index in [1.54, 1.807) is 0 Å². The highest BCUT2D eigenvalue weighted by molar-refractivity contribution is 5.81. The third kappa shape index (κ3) is 1.33. The minimum Gasteiger partial charge on any atom is -0.468 e. The quantitative estimate of drug-likeness (QED) is 0.628. The summed E-state index contributed by atoms with van der Waals surface area (Å²) in [6.07, 6.45) is 2.10. The van der Waals surface area contributed by atoms with Gasteiger partial charge >= 0.3 is 5.97 Å². The van der Waals surface area contributed by atoms with Gasteiger partial charge < -0.3 is 10.1 Å². The van der Waals surface area contributed by atoms with Crippen LogP contribution in [0, 0.1) is 5.92 Å². The topological polar surface area (TPSA) is 38.3 Å². The maximum atomic E-state index is 11.4. The van der Waals surface area contributed by atoms with Crippen molar-refractivity contribution >= 4 is 5.97 Å². The fourth-order valence-electron chi connectivity index (χ4n) is 2.00. The van der Waals surface area contributed by atoms with Crippen LogP contribution in [0.25, 0.3) is 0 Å². The van der Waals surface area contributed by atoms with Crippen LogP contribution in [0.5, 0.6) is 0 Å². The summed E-state index contributed by atoms with van der Waals surface area (Å²) in [5.74, 6) is 0.289. The number of nitrogens with one attached hydrogen (secondary N) is 1. The zero-order chi connectivity index (χ0) is 9.19. The van der Waals surface area contributed by atoms with Crippen molar-refractivity contribution < 1.29 is 9.53 Å². The summed E-state index contributed by atoms with van der Waals surface area (Å²) in [5, 5.41) is 3.21. The van der Waals surface area contributed by atoms with Crippen molar-refractivity contribution in [2.45, 2.75) is 32.2 Å². The van der Waals surface area contributed by atoms with Gasteiger partial charge in [0.05, 0.1) is 7.11 Å². The Bertz CT molecular complexity index is 181. The van der Waals surface area contributed by atoms with Gasteiger partial charge in [0.1, 0.15) is 5.54 Å². The molecule has 3 nitrogen and oxygen atoms in total. The van der Waals surface area contributed by atoms with E-state index < -0.39 is 5.54 Å². The van der Waals surface area contributed by atoms with Crippen LogP contribution in [0.2, 0.25) is 0 Å². The number of hydrogen-bond acceptors (Lipinski definition) is 3. The summed E-state index contributed by atoms with van der Waals surface area (Å²) in [6.45, 7) is 4.96. The largest absolute Gasteiger partial charge is 0.468 e. The fourth-order valence-corrected chi connectivity index (χ4v) is 2.00. The first kappa shape index (κ1) is 9.52. The van der Waals surface area contributed by atoms with Gasteiger partial charge in [-0.3, -0.25) is 4.79 Å². The van der Waals surface area contributed by atoms with Gasteiger partial charge in [-0.25, -0.2) is 0 Å². The lowest BCUT2D eigenvalue weighted by Crippen LogP contribution is -2.49. The molecule has 1 aliphatic heterocycles. The average molecular weight is 171 g/mol. The third-order valence-electron chi connectivity index (χ3n) is 2.90. The summed E-state index contributed by atoms with van der Waals surface area (Å²) in [4.78, 5) is 11.4. The molecule has 3 heteroatoms. The molecule has 1 rings (SSSR count). The number of ether oxygens (including phenoxy) is 1. The van der Waals surface area contributed by atoms with Crippen LogP contribution < -0.4 is 5.32 Å². The van der Waals surface area contributed by atoms with Gasteiger partial charge in [0.15, 0.2) is 0 Å². The number of rotatable bonds is 2. The first-order valence-electron chi connectivity index (χ1n) is 4.48. The maximum Gasteiger partial charge on any atom is 0.326 e. The lowest BCUT2D eigenvalue weighted by Gasteiger charge is -2.27. The summed E-state index contributed by atoms with van der Waals surface area (Å²) < 4.78 is 4.77. The lowest BCUT2D eigenvalue weighted by molar-refractivity contribution is -0.149. The van der Waals surface area contributed by atoms with E-state index in [0.717, 1.165) is 19.4 Å². The molecule has 0 aromatic heterocycles. The Labute approximate surface area is 73.5 Å². The summed E-state index contributed by atoms with van der Waals surface area (Å²) >= 11 is 0. The first-order chi connectivity index (χ1) is 5.65. The Kier molecular flexibility index (Phi) is 2.73. The molecular formula is C9H17NO2. The Morgan fingerprint density at radius 2 is 2.42 bits per heavy atom. The zero-order valence-corrected chi connectivity index (χ0v) is 8.02. The molecule has 1 saturated heterocycles.